The number of aryl methyl sites for hydroxylation is 2. The Bertz CT molecular complexity index is 694. The van der Waals surface area contributed by atoms with E-state index in [1.54, 1.807) is 6.26 Å². The number of ether oxygens (including phenoxy) is 1. The summed E-state index contributed by atoms with van der Waals surface area (Å²) >= 11 is 0. The monoisotopic (exact) mass is 301 g/mol. The molecule has 2 atom stereocenters. The van der Waals surface area contributed by atoms with E-state index in [1.165, 1.54) is 11.1 Å². The van der Waals surface area contributed by atoms with Crippen LogP contribution in [0.4, 0.5) is 0 Å². The molecule has 0 saturated carbocycles. The zero-order valence-corrected chi connectivity index (χ0v) is 13.7. The third-order valence-corrected chi connectivity index (χ3v) is 4.38. The van der Waals surface area contributed by atoms with E-state index in [-0.39, 0.29) is 18.1 Å². The van der Waals surface area contributed by atoms with Gasteiger partial charge in [0.25, 0.3) is 0 Å². The van der Waals surface area contributed by atoms with Crippen LogP contribution in [0.3, 0.4) is 0 Å². The maximum Gasteiger partial charge on any atom is 0.227 e. The number of hydrogen-bond acceptors (Lipinski definition) is 3. The molecule has 0 radical (unpaired) electrons. The van der Waals surface area contributed by atoms with E-state index in [0.29, 0.717) is 19.5 Å². The van der Waals surface area contributed by atoms with E-state index >= 15 is 0 Å². The second-order valence-electron chi connectivity index (χ2n) is 6.43. The number of fused-ring (bicyclic) bond motifs is 1. The van der Waals surface area contributed by atoms with Crippen molar-refractivity contribution in [1.29, 1.82) is 0 Å². The van der Waals surface area contributed by atoms with Crippen LogP contribution in [0, 0.1) is 13.8 Å². The SMILES string of the molecule is Cc1cc2occ(CC(=O)N3C[C@H](C)O[C@@H](C)C3)c2cc1C. The van der Waals surface area contributed by atoms with E-state index < -0.39 is 0 Å². The molecule has 2 aromatic rings. The van der Waals surface area contributed by atoms with Crippen LogP contribution in [-0.4, -0.2) is 36.1 Å². The molecule has 3 rings (SSSR count). The topological polar surface area (TPSA) is 42.7 Å². The van der Waals surface area contributed by atoms with Crippen molar-refractivity contribution in [2.75, 3.05) is 13.1 Å². The van der Waals surface area contributed by atoms with E-state index in [1.807, 2.05) is 24.8 Å². The molecule has 0 N–H and O–H groups in total. The second kappa shape index (κ2) is 5.76. The number of hydrogen-bond donors (Lipinski definition) is 0. The normalized spacial score (nSPS) is 22.3. The van der Waals surface area contributed by atoms with Gasteiger partial charge in [-0.2, -0.15) is 0 Å². The van der Waals surface area contributed by atoms with Gasteiger partial charge in [0, 0.05) is 24.0 Å². The minimum Gasteiger partial charge on any atom is -0.464 e. The summed E-state index contributed by atoms with van der Waals surface area (Å²) in [7, 11) is 0. The number of rotatable bonds is 2. The molecule has 1 aromatic carbocycles. The van der Waals surface area contributed by atoms with Crippen molar-refractivity contribution in [1.82, 2.24) is 4.90 Å². The molecule has 118 valence electrons. The Morgan fingerprint density at radius 3 is 2.50 bits per heavy atom. The van der Waals surface area contributed by atoms with Gasteiger partial charge in [-0.15, -0.1) is 0 Å². The molecule has 22 heavy (non-hydrogen) atoms. The lowest BCUT2D eigenvalue weighted by molar-refractivity contribution is -0.142. The summed E-state index contributed by atoms with van der Waals surface area (Å²) in [5.74, 6) is 0.142. The smallest absolute Gasteiger partial charge is 0.227 e. The first kappa shape index (κ1) is 15.1. The van der Waals surface area contributed by atoms with Crippen LogP contribution in [-0.2, 0) is 16.0 Å². The Labute approximate surface area is 131 Å². The zero-order valence-electron chi connectivity index (χ0n) is 13.7. The van der Waals surface area contributed by atoms with Gasteiger partial charge in [0.15, 0.2) is 0 Å². The van der Waals surface area contributed by atoms with E-state index in [0.717, 1.165) is 16.5 Å². The van der Waals surface area contributed by atoms with Crippen molar-refractivity contribution < 1.29 is 13.9 Å². The third kappa shape index (κ3) is 2.88. The predicted molar refractivity (Wildman–Crippen MR) is 86.0 cm³/mol. The molecule has 1 aliphatic rings. The van der Waals surface area contributed by atoms with Crippen LogP contribution in [0.5, 0.6) is 0 Å². The number of benzene rings is 1. The summed E-state index contributed by atoms with van der Waals surface area (Å²) in [6, 6.07) is 4.15. The van der Waals surface area contributed by atoms with Crippen molar-refractivity contribution in [3.05, 3.63) is 35.1 Å². The summed E-state index contributed by atoms with van der Waals surface area (Å²) in [5.41, 5.74) is 4.25. The van der Waals surface area contributed by atoms with Crippen molar-refractivity contribution in [3.8, 4) is 0 Å². The molecule has 1 amide bonds. The molecule has 0 aliphatic carbocycles. The van der Waals surface area contributed by atoms with Gasteiger partial charge < -0.3 is 14.1 Å². The molecule has 0 spiro atoms. The van der Waals surface area contributed by atoms with Gasteiger partial charge in [0.05, 0.1) is 24.9 Å². The first-order valence-electron chi connectivity index (χ1n) is 7.84. The lowest BCUT2D eigenvalue weighted by atomic mass is 10.0. The number of nitrogens with zero attached hydrogens (tertiary/aromatic N) is 1. The van der Waals surface area contributed by atoms with Gasteiger partial charge in [-0.05, 0) is 51.0 Å². The number of carbonyl (C=O) groups is 1. The van der Waals surface area contributed by atoms with Crippen LogP contribution < -0.4 is 0 Å². The molecule has 1 saturated heterocycles. The van der Waals surface area contributed by atoms with E-state index in [4.69, 9.17) is 9.15 Å². The Morgan fingerprint density at radius 2 is 1.82 bits per heavy atom. The fourth-order valence-corrected chi connectivity index (χ4v) is 3.13. The molecular weight excluding hydrogens is 278 g/mol. The van der Waals surface area contributed by atoms with Gasteiger partial charge in [-0.25, -0.2) is 0 Å². The van der Waals surface area contributed by atoms with E-state index in [2.05, 4.69) is 19.9 Å². The highest BCUT2D eigenvalue weighted by molar-refractivity contribution is 5.88. The third-order valence-electron chi connectivity index (χ3n) is 4.38. The largest absolute Gasteiger partial charge is 0.464 e. The van der Waals surface area contributed by atoms with Crippen LogP contribution in [0.2, 0.25) is 0 Å². The minimum atomic E-state index is 0.0960. The minimum absolute atomic E-state index is 0.0960. The van der Waals surface area contributed by atoms with Gasteiger partial charge in [-0.3, -0.25) is 4.79 Å². The molecule has 0 unspecified atom stereocenters. The highest BCUT2D eigenvalue weighted by Gasteiger charge is 2.26. The highest BCUT2D eigenvalue weighted by atomic mass is 16.5. The van der Waals surface area contributed by atoms with Crippen LogP contribution in [0.1, 0.15) is 30.5 Å². The molecule has 1 aromatic heterocycles. The molecule has 1 fully saturated rings. The average molecular weight is 301 g/mol. The second-order valence-corrected chi connectivity index (χ2v) is 6.43. The van der Waals surface area contributed by atoms with Crippen LogP contribution >= 0.6 is 0 Å². The molecule has 1 aliphatic heterocycles. The number of carbonyl (C=O) groups excluding carboxylic acids is 1. The van der Waals surface area contributed by atoms with Crippen LogP contribution in [0.25, 0.3) is 11.0 Å². The van der Waals surface area contributed by atoms with Crippen molar-refractivity contribution in [2.24, 2.45) is 0 Å². The number of amides is 1. The first-order chi connectivity index (χ1) is 10.4. The summed E-state index contributed by atoms with van der Waals surface area (Å²) in [5, 5.41) is 1.05. The lowest BCUT2D eigenvalue weighted by Gasteiger charge is -2.35. The average Bonchev–Trinajstić information content (AvgIpc) is 2.80. The molecule has 4 heteroatoms. The van der Waals surface area contributed by atoms with Gasteiger partial charge >= 0.3 is 0 Å². The Morgan fingerprint density at radius 1 is 1.18 bits per heavy atom. The molecule has 0 bridgehead atoms. The fraction of sp³-hybridized carbons (Fsp3) is 0.500. The number of morpholine rings is 1. The maximum absolute atomic E-state index is 12.6. The summed E-state index contributed by atoms with van der Waals surface area (Å²) < 4.78 is 11.3. The lowest BCUT2D eigenvalue weighted by Crippen LogP contribution is -2.48. The predicted octanol–water partition coefficient (Wildman–Crippen LogP) is 3.23. The maximum atomic E-state index is 12.6. The van der Waals surface area contributed by atoms with Gasteiger partial charge in [0.1, 0.15) is 5.58 Å². The summed E-state index contributed by atoms with van der Waals surface area (Å²) in [6.07, 6.45) is 2.29. The number of furan rings is 1. The van der Waals surface area contributed by atoms with Crippen molar-refractivity contribution in [2.45, 2.75) is 46.3 Å². The highest BCUT2D eigenvalue weighted by Crippen LogP contribution is 2.25. The zero-order chi connectivity index (χ0) is 15.9. The standard InChI is InChI=1S/C18H23NO3/c1-11-5-16-15(10-21-17(16)6-12(11)2)7-18(20)19-8-13(3)22-14(4)9-19/h5-6,10,13-14H,7-9H2,1-4H3/t13-,14-/m0/s1. The fourth-order valence-electron chi connectivity index (χ4n) is 3.13. The Kier molecular flexibility index (Phi) is 3.96. The molecule has 2 heterocycles. The molecule has 4 nitrogen and oxygen atoms in total. The summed E-state index contributed by atoms with van der Waals surface area (Å²) in [4.78, 5) is 14.5. The molecular formula is C18H23NO3. The Hall–Kier alpha value is -1.81. The Balaban J connectivity index is 1.81. The van der Waals surface area contributed by atoms with Gasteiger partial charge in [-0.1, -0.05) is 0 Å². The van der Waals surface area contributed by atoms with Crippen molar-refractivity contribution in [3.63, 3.8) is 0 Å². The quantitative estimate of drug-likeness (QED) is 0.855. The van der Waals surface area contributed by atoms with Crippen LogP contribution in [0.15, 0.2) is 22.8 Å². The first-order valence-corrected chi connectivity index (χ1v) is 7.84. The van der Waals surface area contributed by atoms with Gasteiger partial charge in [0.2, 0.25) is 5.91 Å². The van der Waals surface area contributed by atoms with E-state index in [9.17, 15) is 4.79 Å². The van der Waals surface area contributed by atoms with Crippen molar-refractivity contribution >= 4 is 16.9 Å². The summed E-state index contributed by atoms with van der Waals surface area (Å²) in [6.45, 7) is 9.50.